The molecule has 0 saturated carbocycles. The Labute approximate surface area is 126 Å². The summed E-state index contributed by atoms with van der Waals surface area (Å²) in [6.07, 6.45) is 2.81. The topological polar surface area (TPSA) is 62.6 Å². The number of benzene rings is 1. The molecular formula is C15H13ClN2O3. The van der Waals surface area contributed by atoms with E-state index in [9.17, 15) is 9.59 Å². The number of nitrogens with one attached hydrogen (secondary N) is 1. The molecule has 21 heavy (non-hydrogen) atoms. The number of amides is 2. The zero-order chi connectivity index (χ0) is 14.8. The molecule has 1 aliphatic heterocycles. The number of hydrogen-bond donors (Lipinski definition) is 1. The van der Waals surface area contributed by atoms with Crippen molar-refractivity contribution in [3.05, 3.63) is 59.0 Å². The van der Waals surface area contributed by atoms with Crippen LogP contribution in [0.4, 0.5) is 0 Å². The first kappa shape index (κ1) is 13.7. The average Bonchev–Trinajstić information content (AvgIpc) is 3.01. The van der Waals surface area contributed by atoms with E-state index >= 15 is 0 Å². The minimum absolute atomic E-state index is 0.230. The van der Waals surface area contributed by atoms with Crippen LogP contribution in [0.15, 0.2) is 47.3 Å². The third-order valence-electron chi connectivity index (χ3n) is 3.44. The van der Waals surface area contributed by atoms with Gasteiger partial charge < -0.3 is 14.6 Å². The number of rotatable bonds is 2. The predicted molar refractivity (Wildman–Crippen MR) is 76.9 cm³/mol. The SMILES string of the molecule is O=C1NCCN(C(=O)c2ccoc2)[C@H]1c1ccccc1Cl. The first-order valence-corrected chi connectivity index (χ1v) is 6.91. The molecule has 1 N–H and O–H groups in total. The van der Waals surface area contributed by atoms with E-state index in [4.69, 9.17) is 16.0 Å². The number of carbonyl (C=O) groups excluding carboxylic acids is 2. The molecule has 0 spiro atoms. The fourth-order valence-corrected chi connectivity index (χ4v) is 2.68. The zero-order valence-electron chi connectivity index (χ0n) is 11.1. The molecule has 1 saturated heterocycles. The number of piperazine rings is 1. The molecule has 1 aromatic heterocycles. The summed E-state index contributed by atoms with van der Waals surface area (Å²) in [6.45, 7) is 0.842. The Hall–Kier alpha value is -2.27. The van der Waals surface area contributed by atoms with Crippen LogP contribution in [0.5, 0.6) is 0 Å². The number of hydrogen-bond acceptors (Lipinski definition) is 3. The van der Waals surface area contributed by atoms with Crippen molar-refractivity contribution in [2.45, 2.75) is 6.04 Å². The molecule has 5 nitrogen and oxygen atoms in total. The van der Waals surface area contributed by atoms with Gasteiger partial charge in [0.2, 0.25) is 5.91 Å². The van der Waals surface area contributed by atoms with Crippen LogP contribution < -0.4 is 5.32 Å². The van der Waals surface area contributed by atoms with Crippen molar-refractivity contribution in [3.8, 4) is 0 Å². The van der Waals surface area contributed by atoms with Gasteiger partial charge in [-0.3, -0.25) is 9.59 Å². The lowest BCUT2D eigenvalue weighted by atomic mass is 10.0. The van der Waals surface area contributed by atoms with Gasteiger partial charge in [0.1, 0.15) is 12.3 Å². The summed E-state index contributed by atoms with van der Waals surface area (Å²) < 4.78 is 4.94. The van der Waals surface area contributed by atoms with Crippen LogP contribution >= 0.6 is 11.6 Å². The molecule has 6 heteroatoms. The van der Waals surface area contributed by atoms with Crippen LogP contribution in [-0.4, -0.2) is 29.8 Å². The van der Waals surface area contributed by atoms with Crippen LogP contribution in [0.1, 0.15) is 22.0 Å². The van der Waals surface area contributed by atoms with E-state index in [0.717, 1.165) is 0 Å². The summed E-state index contributed by atoms with van der Waals surface area (Å²) in [6, 6.07) is 7.90. The molecule has 0 radical (unpaired) electrons. The van der Waals surface area contributed by atoms with E-state index in [1.54, 1.807) is 30.3 Å². The molecule has 2 heterocycles. The molecule has 1 atom stereocenters. The van der Waals surface area contributed by atoms with Crippen LogP contribution in [0.3, 0.4) is 0 Å². The van der Waals surface area contributed by atoms with Gasteiger partial charge in [0.15, 0.2) is 0 Å². The standard InChI is InChI=1S/C15H13ClN2O3/c16-12-4-2-1-3-11(12)13-14(19)17-6-7-18(13)15(20)10-5-8-21-9-10/h1-5,8-9,13H,6-7H2,(H,17,19)/t13-/m0/s1. The minimum Gasteiger partial charge on any atom is -0.472 e. The van der Waals surface area contributed by atoms with E-state index < -0.39 is 6.04 Å². The van der Waals surface area contributed by atoms with Gasteiger partial charge in [-0.05, 0) is 12.1 Å². The molecule has 0 aliphatic carbocycles. The third kappa shape index (κ3) is 2.52. The summed E-state index contributed by atoms with van der Waals surface area (Å²) in [7, 11) is 0. The highest BCUT2D eigenvalue weighted by Crippen LogP contribution is 2.30. The Balaban J connectivity index is 1.99. The lowest BCUT2D eigenvalue weighted by Crippen LogP contribution is -2.52. The summed E-state index contributed by atoms with van der Waals surface area (Å²) in [4.78, 5) is 26.3. The van der Waals surface area contributed by atoms with Crippen molar-refractivity contribution in [1.29, 1.82) is 0 Å². The van der Waals surface area contributed by atoms with E-state index in [-0.39, 0.29) is 11.8 Å². The first-order chi connectivity index (χ1) is 10.2. The number of halogens is 1. The molecule has 0 unspecified atom stereocenters. The van der Waals surface area contributed by atoms with Gasteiger partial charge in [0.05, 0.1) is 11.8 Å². The van der Waals surface area contributed by atoms with Gasteiger partial charge in [-0.2, -0.15) is 0 Å². The lowest BCUT2D eigenvalue weighted by molar-refractivity contribution is -0.128. The second kappa shape index (κ2) is 5.61. The maximum atomic E-state index is 12.5. The Kier molecular flexibility index (Phi) is 3.66. The highest BCUT2D eigenvalue weighted by molar-refractivity contribution is 6.31. The lowest BCUT2D eigenvalue weighted by Gasteiger charge is -2.35. The maximum absolute atomic E-state index is 12.5. The Morgan fingerprint density at radius 2 is 2.14 bits per heavy atom. The van der Waals surface area contributed by atoms with Gasteiger partial charge in [0, 0.05) is 23.7 Å². The van der Waals surface area contributed by atoms with Crippen LogP contribution in [0, 0.1) is 0 Å². The van der Waals surface area contributed by atoms with Crippen molar-refractivity contribution in [1.82, 2.24) is 10.2 Å². The molecule has 3 rings (SSSR count). The molecule has 1 fully saturated rings. The molecule has 1 aromatic carbocycles. The van der Waals surface area contributed by atoms with Crippen LogP contribution in [0.25, 0.3) is 0 Å². The third-order valence-corrected chi connectivity index (χ3v) is 3.78. The summed E-state index contributed by atoms with van der Waals surface area (Å²) in [5.41, 5.74) is 1.04. The molecule has 1 aliphatic rings. The second-order valence-electron chi connectivity index (χ2n) is 4.73. The smallest absolute Gasteiger partial charge is 0.258 e. The van der Waals surface area contributed by atoms with Gasteiger partial charge in [-0.15, -0.1) is 0 Å². The van der Waals surface area contributed by atoms with Crippen molar-refractivity contribution < 1.29 is 14.0 Å². The summed E-state index contributed by atoms with van der Waals surface area (Å²) in [5, 5.41) is 3.24. The van der Waals surface area contributed by atoms with Crippen LogP contribution in [0.2, 0.25) is 5.02 Å². The van der Waals surface area contributed by atoms with Crippen molar-refractivity contribution >= 4 is 23.4 Å². The summed E-state index contributed by atoms with van der Waals surface area (Å²) >= 11 is 6.18. The second-order valence-corrected chi connectivity index (χ2v) is 5.13. The summed E-state index contributed by atoms with van der Waals surface area (Å²) in [5.74, 6) is -0.477. The quantitative estimate of drug-likeness (QED) is 0.925. The Bertz CT molecular complexity index is 669. The fourth-order valence-electron chi connectivity index (χ4n) is 2.44. The number of nitrogens with zero attached hydrogens (tertiary/aromatic N) is 1. The van der Waals surface area contributed by atoms with Crippen molar-refractivity contribution in [2.75, 3.05) is 13.1 Å². The van der Waals surface area contributed by atoms with Gasteiger partial charge in [0.25, 0.3) is 5.91 Å². The highest BCUT2D eigenvalue weighted by Gasteiger charge is 2.36. The fraction of sp³-hybridized carbons (Fsp3) is 0.200. The largest absolute Gasteiger partial charge is 0.472 e. The molecule has 0 bridgehead atoms. The van der Waals surface area contributed by atoms with Gasteiger partial charge >= 0.3 is 0 Å². The Morgan fingerprint density at radius 3 is 2.86 bits per heavy atom. The normalized spacial score (nSPS) is 18.4. The minimum atomic E-state index is -0.727. The number of carbonyl (C=O) groups is 2. The maximum Gasteiger partial charge on any atom is 0.258 e. The predicted octanol–water partition coefficient (Wildman–Crippen LogP) is 2.25. The molecular weight excluding hydrogens is 292 g/mol. The van der Waals surface area contributed by atoms with Crippen molar-refractivity contribution in [3.63, 3.8) is 0 Å². The highest BCUT2D eigenvalue weighted by atomic mass is 35.5. The van der Waals surface area contributed by atoms with Gasteiger partial charge in [-0.25, -0.2) is 0 Å². The zero-order valence-corrected chi connectivity index (χ0v) is 11.8. The molecule has 108 valence electrons. The van der Waals surface area contributed by atoms with Crippen LogP contribution in [-0.2, 0) is 4.79 Å². The molecule has 2 aromatic rings. The van der Waals surface area contributed by atoms with Gasteiger partial charge in [-0.1, -0.05) is 29.8 Å². The number of furan rings is 1. The van der Waals surface area contributed by atoms with Crippen molar-refractivity contribution in [2.24, 2.45) is 0 Å². The monoisotopic (exact) mass is 304 g/mol. The average molecular weight is 305 g/mol. The van der Waals surface area contributed by atoms with E-state index in [2.05, 4.69) is 5.32 Å². The van der Waals surface area contributed by atoms with E-state index in [1.807, 2.05) is 0 Å². The first-order valence-electron chi connectivity index (χ1n) is 6.54. The Morgan fingerprint density at radius 1 is 1.33 bits per heavy atom. The van der Waals surface area contributed by atoms with E-state index in [0.29, 0.717) is 29.2 Å². The molecule has 2 amide bonds. The van der Waals surface area contributed by atoms with E-state index in [1.165, 1.54) is 17.4 Å².